The van der Waals surface area contributed by atoms with E-state index in [0.717, 1.165) is 16.6 Å². The first-order valence-electron chi connectivity index (χ1n) is 9.61. The molecule has 29 heavy (non-hydrogen) atoms. The van der Waals surface area contributed by atoms with Crippen LogP contribution in [0.5, 0.6) is 0 Å². The van der Waals surface area contributed by atoms with E-state index in [2.05, 4.69) is 15.6 Å². The Morgan fingerprint density at radius 1 is 1.00 bits per heavy atom. The van der Waals surface area contributed by atoms with E-state index in [1.807, 2.05) is 54.6 Å². The molecule has 7 heteroatoms. The number of amides is 3. The summed E-state index contributed by atoms with van der Waals surface area (Å²) in [7, 11) is 0. The van der Waals surface area contributed by atoms with Crippen LogP contribution in [0.4, 0.5) is 5.69 Å². The van der Waals surface area contributed by atoms with E-state index in [0.29, 0.717) is 25.2 Å². The lowest BCUT2D eigenvalue weighted by molar-refractivity contribution is -0.126. The summed E-state index contributed by atoms with van der Waals surface area (Å²) in [6, 6.07) is 16.9. The molecule has 1 saturated heterocycles. The maximum absolute atomic E-state index is 12.4. The van der Waals surface area contributed by atoms with Gasteiger partial charge in [-0.05, 0) is 18.2 Å². The molecule has 3 amide bonds. The van der Waals surface area contributed by atoms with Crippen molar-refractivity contribution in [1.29, 1.82) is 0 Å². The molecule has 1 fully saturated rings. The number of hydrogen-bond donors (Lipinski definition) is 3. The van der Waals surface area contributed by atoms with E-state index in [9.17, 15) is 14.4 Å². The van der Waals surface area contributed by atoms with Gasteiger partial charge in [-0.3, -0.25) is 14.4 Å². The monoisotopic (exact) mass is 390 g/mol. The zero-order valence-electron chi connectivity index (χ0n) is 15.9. The fourth-order valence-corrected chi connectivity index (χ4v) is 3.60. The Balaban J connectivity index is 1.25. The molecule has 0 bridgehead atoms. The van der Waals surface area contributed by atoms with Crippen LogP contribution < -0.4 is 15.5 Å². The number of para-hydroxylation sites is 2. The molecule has 0 aliphatic carbocycles. The Morgan fingerprint density at radius 3 is 2.55 bits per heavy atom. The van der Waals surface area contributed by atoms with Crippen LogP contribution in [0.2, 0.25) is 0 Å². The van der Waals surface area contributed by atoms with Gasteiger partial charge in [0.25, 0.3) is 5.91 Å². The van der Waals surface area contributed by atoms with Gasteiger partial charge in [-0.1, -0.05) is 36.4 Å². The molecular formula is C22H22N4O3. The average molecular weight is 390 g/mol. The van der Waals surface area contributed by atoms with Crippen LogP contribution in [0.1, 0.15) is 16.8 Å². The Hall–Kier alpha value is -3.61. The molecule has 148 valence electrons. The van der Waals surface area contributed by atoms with Gasteiger partial charge < -0.3 is 20.5 Å². The first-order chi connectivity index (χ1) is 14.1. The summed E-state index contributed by atoms with van der Waals surface area (Å²) in [5.41, 5.74) is 2.28. The third-order valence-electron chi connectivity index (χ3n) is 5.11. The highest BCUT2D eigenvalue weighted by Crippen LogP contribution is 2.24. The van der Waals surface area contributed by atoms with E-state index in [1.54, 1.807) is 11.1 Å². The number of nitrogens with zero attached hydrogens (tertiary/aromatic N) is 1. The van der Waals surface area contributed by atoms with Gasteiger partial charge in [0.1, 0.15) is 0 Å². The minimum atomic E-state index is -0.382. The van der Waals surface area contributed by atoms with Gasteiger partial charge >= 0.3 is 0 Å². The van der Waals surface area contributed by atoms with Gasteiger partial charge in [0.15, 0.2) is 0 Å². The molecule has 7 nitrogen and oxygen atoms in total. The highest BCUT2D eigenvalue weighted by Gasteiger charge is 2.34. The second kappa shape index (κ2) is 8.18. The highest BCUT2D eigenvalue weighted by atomic mass is 16.2. The van der Waals surface area contributed by atoms with Crippen LogP contribution in [0.3, 0.4) is 0 Å². The van der Waals surface area contributed by atoms with Crippen LogP contribution in [0, 0.1) is 5.92 Å². The number of fused-ring (bicyclic) bond motifs is 1. The molecule has 0 radical (unpaired) electrons. The van der Waals surface area contributed by atoms with E-state index in [-0.39, 0.29) is 30.1 Å². The lowest BCUT2D eigenvalue weighted by Crippen LogP contribution is -2.38. The van der Waals surface area contributed by atoms with Gasteiger partial charge in [-0.2, -0.15) is 0 Å². The number of benzene rings is 2. The fraction of sp³-hybridized carbons (Fsp3) is 0.227. The highest BCUT2D eigenvalue weighted by molar-refractivity contribution is 6.06. The zero-order valence-corrected chi connectivity index (χ0v) is 15.9. The van der Waals surface area contributed by atoms with Crippen LogP contribution in [-0.2, 0) is 9.59 Å². The fourth-order valence-electron chi connectivity index (χ4n) is 3.60. The van der Waals surface area contributed by atoms with Crippen LogP contribution in [0.15, 0.2) is 60.8 Å². The van der Waals surface area contributed by atoms with Crippen LogP contribution >= 0.6 is 0 Å². The quantitative estimate of drug-likeness (QED) is 0.563. The van der Waals surface area contributed by atoms with Crippen molar-refractivity contribution in [1.82, 2.24) is 15.6 Å². The van der Waals surface area contributed by atoms with Gasteiger partial charge in [0, 0.05) is 48.8 Å². The van der Waals surface area contributed by atoms with E-state index < -0.39 is 0 Å². The summed E-state index contributed by atoms with van der Waals surface area (Å²) >= 11 is 0. The average Bonchev–Trinajstić information content (AvgIpc) is 3.35. The van der Waals surface area contributed by atoms with Gasteiger partial charge in [-0.15, -0.1) is 0 Å². The Bertz CT molecular complexity index is 1040. The molecule has 0 saturated carbocycles. The van der Waals surface area contributed by atoms with E-state index in [4.69, 9.17) is 0 Å². The largest absolute Gasteiger partial charge is 0.360 e. The predicted molar refractivity (Wildman–Crippen MR) is 111 cm³/mol. The maximum atomic E-state index is 12.4. The molecule has 1 aromatic heterocycles. The van der Waals surface area contributed by atoms with Crippen molar-refractivity contribution in [3.63, 3.8) is 0 Å². The number of carbonyl (C=O) groups excluding carboxylic acids is 3. The van der Waals surface area contributed by atoms with Crippen LogP contribution in [-0.4, -0.2) is 42.3 Å². The number of aromatic nitrogens is 1. The SMILES string of the molecule is O=C(NCCNC(=O)[C@@H]1CC(=O)N(c2ccccc2)C1)c1c[nH]c2ccccc12. The number of rotatable bonds is 6. The number of H-pyrrole nitrogens is 1. The molecule has 1 aliphatic rings. The molecule has 2 aromatic carbocycles. The summed E-state index contributed by atoms with van der Waals surface area (Å²) in [6.45, 7) is 0.993. The summed E-state index contributed by atoms with van der Waals surface area (Å²) in [5, 5.41) is 6.49. The number of anilines is 1. The second-order valence-electron chi connectivity index (χ2n) is 7.04. The molecular weight excluding hydrogens is 368 g/mol. The third-order valence-corrected chi connectivity index (χ3v) is 5.11. The number of nitrogens with one attached hydrogen (secondary N) is 3. The van der Waals surface area contributed by atoms with Crippen molar-refractivity contribution in [3.8, 4) is 0 Å². The summed E-state index contributed by atoms with van der Waals surface area (Å²) in [4.78, 5) is 41.7. The lowest BCUT2D eigenvalue weighted by atomic mass is 10.1. The lowest BCUT2D eigenvalue weighted by Gasteiger charge is -2.16. The van der Waals surface area contributed by atoms with E-state index >= 15 is 0 Å². The Labute approximate surface area is 168 Å². The van der Waals surface area contributed by atoms with Gasteiger partial charge in [0.05, 0.1) is 11.5 Å². The Kier molecular flexibility index (Phi) is 5.29. The standard InChI is InChI=1S/C22H22N4O3/c27-20-12-15(14-26(20)16-6-2-1-3-7-16)21(28)23-10-11-24-22(29)18-13-25-19-9-5-4-8-17(18)19/h1-9,13,15,25H,10-12,14H2,(H,23,28)(H,24,29)/t15-/m1/s1. The molecule has 3 aromatic rings. The minimum Gasteiger partial charge on any atom is -0.360 e. The first kappa shape index (κ1) is 18.7. The number of carbonyl (C=O) groups is 3. The smallest absolute Gasteiger partial charge is 0.253 e. The number of aromatic amines is 1. The van der Waals surface area contributed by atoms with Crippen molar-refractivity contribution in [2.75, 3.05) is 24.5 Å². The first-order valence-corrected chi connectivity index (χ1v) is 9.61. The molecule has 0 unspecified atom stereocenters. The third kappa shape index (κ3) is 3.99. The van der Waals surface area contributed by atoms with Crippen molar-refractivity contribution in [2.45, 2.75) is 6.42 Å². The topological polar surface area (TPSA) is 94.3 Å². The Morgan fingerprint density at radius 2 is 1.72 bits per heavy atom. The minimum absolute atomic E-state index is 0.0519. The van der Waals surface area contributed by atoms with Crippen molar-refractivity contribution in [2.24, 2.45) is 5.92 Å². The molecule has 1 aliphatic heterocycles. The van der Waals surface area contributed by atoms with Crippen molar-refractivity contribution >= 4 is 34.3 Å². The van der Waals surface area contributed by atoms with Gasteiger partial charge in [0.2, 0.25) is 11.8 Å². The van der Waals surface area contributed by atoms with Crippen LogP contribution in [0.25, 0.3) is 10.9 Å². The predicted octanol–water partition coefficient (Wildman–Crippen LogP) is 2.07. The maximum Gasteiger partial charge on any atom is 0.253 e. The van der Waals surface area contributed by atoms with Gasteiger partial charge in [-0.25, -0.2) is 0 Å². The van der Waals surface area contributed by atoms with E-state index in [1.165, 1.54) is 0 Å². The summed E-state index contributed by atoms with van der Waals surface area (Å²) in [6.07, 6.45) is 1.88. The van der Waals surface area contributed by atoms with Crippen molar-refractivity contribution in [3.05, 3.63) is 66.4 Å². The zero-order chi connectivity index (χ0) is 20.2. The summed E-state index contributed by atoms with van der Waals surface area (Å²) < 4.78 is 0. The molecule has 3 N–H and O–H groups in total. The molecule has 4 rings (SSSR count). The van der Waals surface area contributed by atoms with Crippen molar-refractivity contribution < 1.29 is 14.4 Å². The molecule has 2 heterocycles. The molecule has 0 spiro atoms. The molecule has 1 atom stereocenters. The summed E-state index contributed by atoms with van der Waals surface area (Å²) in [5.74, 6) is -0.794. The number of hydrogen-bond acceptors (Lipinski definition) is 3. The normalized spacial score (nSPS) is 16.2. The second-order valence-corrected chi connectivity index (χ2v) is 7.04.